The first-order chi connectivity index (χ1) is 12.9. The van der Waals surface area contributed by atoms with Gasteiger partial charge in [0.25, 0.3) is 15.9 Å². The number of aryl methyl sites for hydroxylation is 1. The van der Waals surface area contributed by atoms with Crippen LogP contribution in [0.1, 0.15) is 16.1 Å². The molecule has 0 aliphatic carbocycles. The molecule has 0 spiro atoms. The second-order valence-corrected chi connectivity index (χ2v) is 8.30. The Balaban J connectivity index is 1.63. The van der Waals surface area contributed by atoms with E-state index in [1.54, 1.807) is 36.4 Å². The van der Waals surface area contributed by atoms with Crippen LogP contribution < -0.4 is 10.0 Å². The monoisotopic (exact) mass is 377 g/mol. The van der Waals surface area contributed by atoms with Gasteiger partial charge in [-0.2, -0.15) is 0 Å². The lowest BCUT2D eigenvalue weighted by Crippen LogP contribution is -2.13. The fraction of sp³-hybridized carbons (Fsp3) is 0.0500. The van der Waals surface area contributed by atoms with E-state index in [1.165, 1.54) is 6.07 Å². The largest absolute Gasteiger partial charge is 0.359 e. The summed E-state index contributed by atoms with van der Waals surface area (Å²) in [6.07, 6.45) is 0. The van der Waals surface area contributed by atoms with Crippen LogP contribution in [0.2, 0.25) is 0 Å². The van der Waals surface area contributed by atoms with Crippen molar-refractivity contribution in [2.24, 2.45) is 0 Å². The molecule has 3 aromatic carbocycles. The van der Waals surface area contributed by atoms with Gasteiger partial charge in [-0.05, 0) is 49.4 Å². The van der Waals surface area contributed by atoms with Crippen molar-refractivity contribution in [3.05, 3.63) is 65.9 Å². The van der Waals surface area contributed by atoms with Crippen LogP contribution in [0.25, 0.3) is 21.7 Å². The molecule has 0 unspecified atom stereocenters. The van der Waals surface area contributed by atoms with E-state index in [-0.39, 0.29) is 10.8 Å². The molecule has 0 saturated heterocycles. The number of sulfonamides is 1. The maximum atomic E-state index is 13.1. The molecule has 5 rings (SSSR count). The predicted octanol–water partition coefficient (Wildman–Crippen LogP) is 4.00. The van der Waals surface area contributed by atoms with Crippen LogP contribution in [0.15, 0.2) is 59.5 Å². The number of benzene rings is 3. The molecule has 7 heteroatoms. The van der Waals surface area contributed by atoms with E-state index in [0.29, 0.717) is 27.7 Å². The van der Waals surface area contributed by atoms with E-state index < -0.39 is 10.0 Å². The van der Waals surface area contributed by atoms with Crippen LogP contribution in [-0.4, -0.2) is 19.3 Å². The number of carbonyl (C=O) groups excluding carboxylic acids is 1. The molecule has 0 radical (unpaired) electrons. The molecule has 1 aliphatic heterocycles. The van der Waals surface area contributed by atoms with Gasteiger partial charge in [0.05, 0.1) is 4.90 Å². The topological polar surface area (TPSA) is 91.1 Å². The highest BCUT2D eigenvalue weighted by Crippen LogP contribution is 2.37. The van der Waals surface area contributed by atoms with E-state index in [0.717, 1.165) is 16.6 Å². The second-order valence-electron chi connectivity index (χ2n) is 6.65. The molecule has 2 heterocycles. The van der Waals surface area contributed by atoms with Crippen LogP contribution in [-0.2, 0) is 10.0 Å². The summed E-state index contributed by atoms with van der Waals surface area (Å²) in [4.78, 5) is 15.4. The summed E-state index contributed by atoms with van der Waals surface area (Å²) in [5.74, 6) is -0.216. The Labute approximate surface area is 155 Å². The van der Waals surface area contributed by atoms with Crippen molar-refractivity contribution in [2.45, 2.75) is 11.8 Å². The van der Waals surface area contributed by atoms with Crippen molar-refractivity contribution in [1.29, 1.82) is 0 Å². The van der Waals surface area contributed by atoms with Crippen molar-refractivity contribution >= 4 is 49.0 Å². The Hall–Kier alpha value is -3.32. The Kier molecular flexibility index (Phi) is 3.14. The number of amides is 1. The van der Waals surface area contributed by atoms with Crippen molar-refractivity contribution in [1.82, 2.24) is 4.98 Å². The number of nitrogens with one attached hydrogen (secondary N) is 3. The summed E-state index contributed by atoms with van der Waals surface area (Å²) >= 11 is 0. The Morgan fingerprint density at radius 1 is 1.00 bits per heavy atom. The third-order valence-corrected chi connectivity index (χ3v) is 6.23. The maximum absolute atomic E-state index is 13.1. The Morgan fingerprint density at radius 3 is 2.70 bits per heavy atom. The molecule has 6 nitrogen and oxygen atoms in total. The summed E-state index contributed by atoms with van der Waals surface area (Å²) in [7, 11) is -3.82. The predicted molar refractivity (Wildman–Crippen MR) is 106 cm³/mol. The molecular formula is C20H15N3O3S. The lowest BCUT2D eigenvalue weighted by molar-refractivity contribution is 0.103. The van der Waals surface area contributed by atoms with Crippen molar-refractivity contribution in [3.8, 4) is 0 Å². The molecule has 1 aromatic heterocycles. The van der Waals surface area contributed by atoms with Gasteiger partial charge in [0, 0.05) is 44.3 Å². The number of aromatic nitrogens is 1. The lowest BCUT2D eigenvalue weighted by atomic mass is 10.1. The summed E-state index contributed by atoms with van der Waals surface area (Å²) in [6.45, 7) is 1.95. The van der Waals surface area contributed by atoms with Crippen LogP contribution in [0.3, 0.4) is 0 Å². The van der Waals surface area contributed by atoms with Crippen molar-refractivity contribution in [2.75, 3.05) is 10.0 Å². The number of hydrogen-bond donors (Lipinski definition) is 3. The average Bonchev–Trinajstić information content (AvgIpc) is 3.15. The van der Waals surface area contributed by atoms with Gasteiger partial charge in [-0.1, -0.05) is 12.1 Å². The quantitative estimate of drug-likeness (QED) is 0.504. The minimum Gasteiger partial charge on any atom is -0.359 e. The standard InChI is InChI=1S/C20H15N3O3S/c1-11-9-12-10-13(5-6-16(12)21-11)23-27(25,26)18-8-7-17-19-14(18)3-2-4-15(19)20(24)22-17/h2-10,21,23H,1H3,(H,22,24). The van der Waals surface area contributed by atoms with Gasteiger partial charge < -0.3 is 10.3 Å². The number of anilines is 2. The number of hydrogen-bond acceptors (Lipinski definition) is 3. The van der Waals surface area contributed by atoms with E-state index >= 15 is 0 Å². The highest BCUT2D eigenvalue weighted by atomic mass is 32.2. The summed E-state index contributed by atoms with van der Waals surface area (Å²) < 4.78 is 28.8. The van der Waals surface area contributed by atoms with Gasteiger partial charge in [-0.3, -0.25) is 9.52 Å². The molecule has 1 amide bonds. The first kappa shape index (κ1) is 15.9. The SMILES string of the molecule is Cc1cc2cc(NS(=O)(=O)c3ccc4c5c(cccc35)C(=O)N4)ccc2[nH]1. The van der Waals surface area contributed by atoms with E-state index in [4.69, 9.17) is 0 Å². The summed E-state index contributed by atoms with van der Waals surface area (Å²) in [6, 6.07) is 15.6. The lowest BCUT2D eigenvalue weighted by Gasteiger charge is -2.11. The highest BCUT2D eigenvalue weighted by Gasteiger charge is 2.26. The summed E-state index contributed by atoms with van der Waals surface area (Å²) in [5, 5.41) is 4.86. The normalized spacial score (nSPS) is 13.3. The highest BCUT2D eigenvalue weighted by molar-refractivity contribution is 7.93. The maximum Gasteiger partial charge on any atom is 0.262 e. The van der Waals surface area contributed by atoms with Crippen LogP contribution in [0.5, 0.6) is 0 Å². The first-order valence-electron chi connectivity index (χ1n) is 8.42. The van der Waals surface area contributed by atoms with Gasteiger partial charge in [0.1, 0.15) is 0 Å². The zero-order valence-corrected chi connectivity index (χ0v) is 15.1. The van der Waals surface area contributed by atoms with Gasteiger partial charge in [-0.25, -0.2) is 8.42 Å². The molecule has 0 fully saturated rings. The average molecular weight is 377 g/mol. The number of aromatic amines is 1. The van der Waals surface area contributed by atoms with Gasteiger partial charge in [-0.15, -0.1) is 0 Å². The molecule has 0 bridgehead atoms. The number of rotatable bonds is 3. The molecule has 27 heavy (non-hydrogen) atoms. The van der Waals surface area contributed by atoms with E-state index in [1.807, 2.05) is 19.1 Å². The van der Waals surface area contributed by atoms with Crippen LogP contribution in [0, 0.1) is 6.92 Å². The van der Waals surface area contributed by atoms with Crippen molar-refractivity contribution < 1.29 is 13.2 Å². The smallest absolute Gasteiger partial charge is 0.262 e. The number of carbonyl (C=O) groups is 1. The molecule has 0 atom stereocenters. The number of H-pyrrole nitrogens is 1. The second kappa shape index (κ2) is 5.34. The zero-order valence-electron chi connectivity index (χ0n) is 14.3. The van der Waals surface area contributed by atoms with E-state index in [9.17, 15) is 13.2 Å². The van der Waals surface area contributed by atoms with Crippen LogP contribution >= 0.6 is 0 Å². The fourth-order valence-corrected chi connectivity index (χ4v) is 4.90. The molecule has 0 saturated carbocycles. The molecule has 134 valence electrons. The van der Waals surface area contributed by atoms with Crippen LogP contribution in [0.4, 0.5) is 11.4 Å². The molecule has 4 aromatic rings. The van der Waals surface area contributed by atoms with Gasteiger partial charge in [0.15, 0.2) is 0 Å². The first-order valence-corrected chi connectivity index (χ1v) is 9.90. The number of fused-ring (bicyclic) bond motifs is 1. The zero-order chi connectivity index (χ0) is 18.8. The van der Waals surface area contributed by atoms with Gasteiger partial charge in [0.2, 0.25) is 0 Å². The molecule has 3 N–H and O–H groups in total. The fourth-order valence-electron chi connectivity index (χ4n) is 3.65. The summed E-state index contributed by atoms with van der Waals surface area (Å²) in [5.41, 5.74) is 3.57. The third kappa shape index (κ3) is 2.39. The Morgan fingerprint density at radius 2 is 1.85 bits per heavy atom. The minimum atomic E-state index is -3.82. The Bertz CT molecular complexity index is 1370. The minimum absolute atomic E-state index is 0.143. The van der Waals surface area contributed by atoms with Gasteiger partial charge >= 0.3 is 0 Å². The van der Waals surface area contributed by atoms with E-state index in [2.05, 4.69) is 15.0 Å². The third-order valence-electron chi connectivity index (χ3n) is 4.79. The molecular weight excluding hydrogens is 362 g/mol. The molecule has 1 aliphatic rings. The van der Waals surface area contributed by atoms with Crippen molar-refractivity contribution in [3.63, 3.8) is 0 Å².